The van der Waals surface area contributed by atoms with E-state index in [4.69, 9.17) is 11.6 Å². The van der Waals surface area contributed by atoms with Crippen LogP contribution in [0.2, 0.25) is 5.02 Å². The number of amides is 3. The molecule has 5 rings (SSSR count). The van der Waals surface area contributed by atoms with Crippen molar-refractivity contribution in [1.29, 1.82) is 0 Å². The highest BCUT2D eigenvalue weighted by molar-refractivity contribution is 6.30. The molecule has 0 bridgehead atoms. The van der Waals surface area contributed by atoms with Crippen LogP contribution in [0.3, 0.4) is 0 Å². The third kappa shape index (κ3) is 4.32. The zero-order chi connectivity index (χ0) is 27.2. The number of likely N-dealkylation sites (tertiary alicyclic amines) is 1. The third-order valence-electron chi connectivity index (χ3n) is 8.96. The van der Waals surface area contributed by atoms with Gasteiger partial charge in [-0.25, -0.2) is 4.39 Å². The molecule has 3 amide bonds. The average Bonchev–Trinajstić information content (AvgIpc) is 3.23. The molecule has 9 heteroatoms. The lowest BCUT2D eigenvalue weighted by molar-refractivity contribution is -0.150. The molecular formula is C29H33ClFN3O4. The lowest BCUT2D eigenvalue weighted by Gasteiger charge is -2.54. The Kier molecular flexibility index (Phi) is 7.09. The fourth-order valence-electron chi connectivity index (χ4n) is 6.61. The van der Waals surface area contributed by atoms with Gasteiger partial charge in [0.15, 0.2) is 0 Å². The molecule has 3 aliphatic heterocycles. The van der Waals surface area contributed by atoms with Gasteiger partial charge >= 0.3 is 0 Å². The number of imide groups is 1. The van der Waals surface area contributed by atoms with Gasteiger partial charge in [0.05, 0.1) is 6.54 Å². The van der Waals surface area contributed by atoms with Crippen LogP contribution >= 0.6 is 11.6 Å². The molecule has 0 aromatic heterocycles. The summed E-state index contributed by atoms with van der Waals surface area (Å²) in [5.41, 5.74) is -0.273. The van der Waals surface area contributed by atoms with Gasteiger partial charge in [-0.15, -0.1) is 0 Å². The highest BCUT2D eigenvalue weighted by Gasteiger charge is 2.54. The molecule has 2 aromatic rings. The quantitative estimate of drug-likeness (QED) is 0.537. The Morgan fingerprint density at radius 3 is 2.47 bits per heavy atom. The molecule has 0 saturated carbocycles. The van der Waals surface area contributed by atoms with Crippen molar-refractivity contribution in [3.8, 4) is 0 Å². The van der Waals surface area contributed by atoms with E-state index in [2.05, 4.69) is 10.2 Å². The summed E-state index contributed by atoms with van der Waals surface area (Å²) in [5.74, 6) is -1.91. The molecule has 2 N–H and O–H groups in total. The van der Waals surface area contributed by atoms with Crippen molar-refractivity contribution in [2.45, 2.75) is 70.7 Å². The van der Waals surface area contributed by atoms with Crippen molar-refractivity contribution in [1.82, 2.24) is 15.1 Å². The summed E-state index contributed by atoms with van der Waals surface area (Å²) < 4.78 is 16.3. The van der Waals surface area contributed by atoms with Crippen molar-refractivity contribution in [3.05, 3.63) is 69.5 Å². The maximum absolute atomic E-state index is 16.3. The van der Waals surface area contributed by atoms with E-state index in [-0.39, 0.29) is 42.0 Å². The standard InChI is InChI=1S/C29H33ClFN3O4/c1-3-28(4-2)17-33(15-18-5-7-19(30)8-6-18)14-13-29(28,38)22-10-9-20-21(25(22)31)16-34(27(20)37)23-11-12-24(35)32-26(23)36/h5-10,23,38H,3-4,11-17H2,1-2H3,(H,32,35,36). The van der Waals surface area contributed by atoms with E-state index in [0.29, 0.717) is 43.9 Å². The Morgan fingerprint density at radius 1 is 1.11 bits per heavy atom. The summed E-state index contributed by atoms with van der Waals surface area (Å²) in [7, 11) is 0. The number of halogens is 2. The highest BCUT2D eigenvalue weighted by Crippen LogP contribution is 2.52. The first-order valence-corrected chi connectivity index (χ1v) is 13.7. The van der Waals surface area contributed by atoms with Gasteiger partial charge in [0, 0.05) is 53.2 Å². The van der Waals surface area contributed by atoms with Crippen LogP contribution in [-0.4, -0.2) is 51.8 Å². The summed E-state index contributed by atoms with van der Waals surface area (Å²) in [6, 6.07) is 10.0. The van der Waals surface area contributed by atoms with Crippen molar-refractivity contribution in [2.24, 2.45) is 5.41 Å². The summed E-state index contributed by atoms with van der Waals surface area (Å²) in [6.45, 7) is 5.87. The van der Waals surface area contributed by atoms with Gasteiger partial charge in [-0.2, -0.15) is 0 Å². The van der Waals surface area contributed by atoms with Crippen LogP contribution in [0.1, 0.15) is 73.0 Å². The van der Waals surface area contributed by atoms with Gasteiger partial charge in [-0.3, -0.25) is 24.6 Å². The molecule has 202 valence electrons. The lowest BCUT2D eigenvalue weighted by Crippen LogP contribution is -2.57. The van der Waals surface area contributed by atoms with Crippen LogP contribution in [0, 0.1) is 11.2 Å². The molecule has 2 fully saturated rings. The second kappa shape index (κ2) is 10.1. The van der Waals surface area contributed by atoms with E-state index in [0.717, 1.165) is 5.56 Å². The normalized spacial score (nSPS) is 25.4. The largest absolute Gasteiger partial charge is 0.384 e. The van der Waals surface area contributed by atoms with Gasteiger partial charge < -0.3 is 10.0 Å². The van der Waals surface area contributed by atoms with Crippen LogP contribution in [0.4, 0.5) is 4.39 Å². The number of rotatable bonds is 6. The van der Waals surface area contributed by atoms with Crippen LogP contribution in [0.5, 0.6) is 0 Å². The van der Waals surface area contributed by atoms with E-state index in [9.17, 15) is 19.5 Å². The summed E-state index contributed by atoms with van der Waals surface area (Å²) in [4.78, 5) is 40.7. The van der Waals surface area contributed by atoms with Crippen molar-refractivity contribution < 1.29 is 23.9 Å². The molecule has 2 atom stereocenters. The molecule has 3 heterocycles. The third-order valence-corrected chi connectivity index (χ3v) is 9.21. The molecule has 2 saturated heterocycles. The van der Waals surface area contributed by atoms with Crippen molar-refractivity contribution in [2.75, 3.05) is 13.1 Å². The van der Waals surface area contributed by atoms with E-state index < -0.39 is 34.7 Å². The molecule has 0 aliphatic carbocycles. The van der Waals surface area contributed by atoms with Gasteiger partial charge in [0.2, 0.25) is 11.8 Å². The number of nitrogens with zero attached hydrogens (tertiary/aromatic N) is 2. The molecule has 3 aliphatic rings. The summed E-state index contributed by atoms with van der Waals surface area (Å²) >= 11 is 6.04. The molecule has 38 heavy (non-hydrogen) atoms. The molecule has 0 spiro atoms. The smallest absolute Gasteiger partial charge is 0.255 e. The monoisotopic (exact) mass is 541 g/mol. The van der Waals surface area contributed by atoms with Crippen LogP contribution < -0.4 is 5.32 Å². The van der Waals surface area contributed by atoms with Crippen LogP contribution in [0.15, 0.2) is 36.4 Å². The second-order valence-corrected chi connectivity index (χ2v) is 11.2. The maximum Gasteiger partial charge on any atom is 0.255 e. The molecule has 2 unspecified atom stereocenters. The number of carbonyl (C=O) groups is 3. The lowest BCUT2D eigenvalue weighted by atomic mass is 9.61. The summed E-state index contributed by atoms with van der Waals surface area (Å²) in [6.07, 6.45) is 1.99. The Hall–Kier alpha value is -2.81. The molecular weight excluding hydrogens is 509 g/mol. The van der Waals surface area contributed by atoms with E-state index in [1.807, 2.05) is 38.1 Å². The zero-order valence-electron chi connectivity index (χ0n) is 21.7. The zero-order valence-corrected chi connectivity index (χ0v) is 22.5. The van der Waals surface area contributed by atoms with E-state index >= 15 is 4.39 Å². The predicted octanol–water partition coefficient (Wildman–Crippen LogP) is 4.14. The van der Waals surface area contributed by atoms with Gasteiger partial charge in [-0.1, -0.05) is 43.6 Å². The number of piperidine rings is 2. The number of hydrogen-bond acceptors (Lipinski definition) is 5. The Morgan fingerprint density at radius 2 is 1.82 bits per heavy atom. The van der Waals surface area contributed by atoms with Gasteiger partial charge in [0.1, 0.15) is 17.5 Å². The van der Waals surface area contributed by atoms with E-state index in [1.54, 1.807) is 12.1 Å². The number of benzene rings is 2. The minimum atomic E-state index is -1.42. The van der Waals surface area contributed by atoms with Crippen molar-refractivity contribution >= 4 is 29.3 Å². The Bertz CT molecular complexity index is 1280. The number of aliphatic hydroxyl groups is 1. The fourth-order valence-corrected chi connectivity index (χ4v) is 6.73. The molecule has 0 radical (unpaired) electrons. The number of hydrogen-bond donors (Lipinski definition) is 2. The minimum Gasteiger partial charge on any atom is -0.384 e. The molecule has 2 aromatic carbocycles. The number of nitrogens with one attached hydrogen (secondary N) is 1. The minimum absolute atomic E-state index is 0.0653. The highest BCUT2D eigenvalue weighted by atomic mass is 35.5. The first kappa shape index (κ1) is 26.8. The topological polar surface area (TPSA) is 89.9 Å². The Labute approximate surface area is 226 Å². The number of carbonyl (C=O) groups excluding carboxylic acids is 3. The van der Waals surface area contributed by atoms with Crippen LogP contribution in [0.25, 0.3) is 0 Å². The average molecular weight is 542 g/mol. The first-order valence-electron chi connectivity index (χ1n) is 13.3. The first-order chi connectivity index (χ1) is 18.1. The predicted molar refractivity (Wildman–Crippen MR) is 141 cm³/mol. The van der Waals surface area contributed by atoms with Gasteiger partial charge in [-0.05, 0) is 49.4 Å². The Balaban J connectivity index is 1.44. The summed E-state index contributed by atoms with van der Waals surface area (Å²) in [5, 5.41) is 15.2. The van der Waals surface area contributed by atoms with E-state index in [1.165, 1.54) is 4.90 Å². The van der Waals surface area contributed by atoms with Crippen LogP contribution in [-0.2, 0) is 28.3 Å². The SMILES string of the molecule is CCC1(CC)CN(Cc2ccc(Cl)cc2)CCC1(O)c1ccc2c(c1F)CN(C1CCC(=O)NC1=O)C2=O. The second-order valence-electron chi connectivity index (χ2n) is 10.8. The van der Waals surface area contributed by atoms with Crippen molar-refractivity contribution in [3.63, 3.8) is 0 Å². The molecule has 7 nitrogen and oxygen atoms in total. The van der Waals surface area contributed by atoms with Gasteiger partial charge in [0.25, 0.3) is 5.91 Å². The maximum atomic E-state index is 16.3. The number of fused-ring (bicyclic) bond motifs is 1. The fraction of sp³-hybridized carbons (Fsp3) is 0.483.